The molecular formula is C7H12O4. The van der Waals surface area contributed by atoms with Gasteiger partial charge in [-0.2, -0.15) is 0 Å². The van der Waals surface area contributed by atoms with Crippen LogP contribution in [-0.4, -0.2) is 30.6 Å². The van der Waals surface area contributed by atoms with Crippen LogP contribution in [0.3, 0.4) is 0 Å². The van der Waals surface area contributed by atoms with Gasteiger partial charge in [-0.1, -0.05) is 0 Å². The predicted molar refractivity (Wildman–Crippen MR) is 37.9 cm³/mol. The summed E-state index contributed by atoms with van der Waals surface area (Å²) in [6.07, 6.45) is 0.618. The van der Waals surface area contributed by atoms with E-state index in [1.165, 1.54) is 0 Å². The van der Waals surface area contributed by atoms with Crippen molar-refractivity contribution >= 4 is 12.3 Å². The molecule has 0 saturated carbocycles. The monoisotopic (exact) mass is 160 g/mol. The third-order valence-corrected chi connectivity index (χ3v) is 1.22. The van der Waals surface area contributed by atoms with E-state index < -0.39 is 11.9 Å². The first-order chi connectivity index (χ1) is 5.26. The van der Waals surface area contributed by atoms with Crippen LogP contribution in [0.15, 0.2) is 0 Å². The standard InChI is InChI=1S/C7H12O4/c1-2-11-7(10)6(5-9)3-4-8/h4,6,9H,2-3,5H2,1H3. The predicted octanol–water partition coefficient (Wildman–Crippen LogP) is -0.253. The van der Waals surface area contributed by atoms with E-state index in [0.717, 1.165) is 0 Å². The van der Waals surface area contributed by atoms with Crippen LogP contribution in [0.2, 0.25) is 0 Å². The topological polar surface area (TPSA) is 63.6 Å². The Morgan fingerprint density at radius 1 is 1.73 bits per heavy atom. The van der Waals surface area contributed by atoms with Crippen molar-refractivity contribution < 1.29 is 19.4 Å². The second-order valence-electron chi connectivity index (χ2n) is 2.03. The summed E-state index contributed by atoms with van der Waals surface area (Å²) in [6, 6.07) is 0. The number of aliphatic hydroxyl groups is 1. The molecule has 0 rings (SSSR count). The van der Waals surface area contributed by atoms with Gasteiger partial charge in [0.2, 0.25) is 0 Å². The molecule has 0 heterocycles. The molecule has 0 fully saturated rings. The molecule has 0 aromatic heterocycles. The van der Waals surface area contributed by atoms with Crippen LogP contribution in [0.4, 0.5) is 0 Å². The van der Waals surface area contributed by atoms with Gasteiger partial charge in [-0.05, 0) is 6.92 Å². The highest BCUT2D eigenvalue weighted by molar-refractivity contribution is 5.75. The maximum absolute atomic E-state index is 10.8. The molecule has 0 aliphatic carbocycles. The summed E-state index contributed by atoms with van der Waals surface area (Å²) < 4.78 is 4.59. The molecule has 1 N–H and O–H groups in total. The number of carbonyl (C=O) groups excluding carboxylic acids is 2. The van der Waals surface area contributed by atoms with Crippen molar-refractivity contribution in [2.45, 2.75) is 13.3 Å². The molecular weight excluding hydrogens is 148 g/mol. The number of hydrogen-bond donors (Lipinski definition) is 1. The Morgan fingerprint density at radius 2 is 2.36 bits per heavy atom. The number of hydrogen-bond acceptors (Lipinski definition) is 4. The second kappa shape index (κ2) is 5.85. The van der Waals surface area contributed by atoms with Gasteiger partial charge in [0.15, 0.2) is 0 Å². The van der Waals surface area contributed by atoms with Crippen LogP contribution < -0.4 is 0 Å². The highest BCUT2D eigenvalue weighted by Crippen LogP contribution is 2.02. The Kier molecular flexibility index (Phi) is 5.37. The minimum absolute atomic E-state index is 0.0231. The summed E-state index contributed by atoms with van der Waals surface area (Å²) in [4.78, 5) is 20.8. The van der Waals surface area contributed by atoms with E-state index in [1.807, 2.05) is 0 Å². The van der Waals surface area contributed by atoms with Crippen molar-refractivity contribution in [2.24, 2.45) is 5.92 Å². The first kappa shape index (κ1) is 10.1. The lowest BCUT2D eigenvalue weighted by Gasteiger charge is -2.08. The molecule has 0 aliphatic rings. The highest BCUT2D eigenvalue weighted by Gasteiger charge is 2.17. The number of esters is 1. The van der Waals surface area contributed by atoms with E-state index in [-0.39, 0.29) is 19.6 Å². The van der Waals surface area contributed by atoms with Gasteiger partial charge in [0, 0.05) is 6.42 Å². The van der Waals surface area contributed by atoms with E-state index in [2.05, 4.69) is 4.74 Å². The highest BCUT2D eigenvalue weighted by atomic mass is 16.5. The number of ether oxygens (including phenoxy) is 1. The van der Waals surface area contributed by atoms with Crippen LogP contribution >= 0.6 is 0 Å². The lowest BCUT2D eigenvalue weighted by atomic mass is 10.1. The van der Waals surface area contributed by atoms with E-state index in [4.69, 9.17) is 5.11 Å². The molecule has 0 radical (unpaired) electrons. The second-order valence-corrected chi connectivity index (χ2v) is 2.03. The van der Waals surface area contributed by atoms with Crippen molar-refractivity contribution in [1.82, 2.24) is 0 Å². The first-order valence-corrected chi connectivity index (χ1v) is 3.47. The van der Waals surface area contributed by atoms with Crippen LogP contribution in [0, 0.1) is 5.92 Å². The molecule has 0 aliphatic heterocycles. The summed E-state index contributed by atoms with van der Waals surface area (Å²) in [5.41, 5.74) is 0. The minimum Gasteiger partial charge on any atom is -0.466 e. The van der Waals surface area contributed by atoms with Gasteiger partial charge in [-0.15, -0.1) is 0 Å². The third kappa shape index (κ3) is 3.72. The summed E-state index contributed by atoms with van der Waals surface area (Å²) in [5, 5.41) is 8.59. The van der Waals surface area contributed by atoms with Crippen LogP contribution in [0.25, 0.3) is 0 Å². The van der Waals surface area contributed by atoms with E-state index in [9.17, 15) is 9.59 Å². The fourth-order valence-electron chi connectivity index (χ4n) is 0.622. The molecule has 0 aromatic rings. The van der Waals surface area contributed by atoms with Crippen LogP contribution in [-0.2, 0) is 14.3 Å². The van der Waals surface area contributed by atoms with Crippen molar-refractivity contribution in [1.29, 1.82) is 0 Å². The zero-order chi connectivity index (χ0) is 8.69. The van der Waals surface area contributed by atoms with Gasteiger partial charge in [0.05, 0.1) is 19.1 Å². The molecule has 1 atom stereocenters. The Hall–Kier alpha value is -0.900. The number of rotatable bonds is 5. The van der Waals surface area contributed by atoms with Crippen LogP contribution in [0.5, 0.6) is 0 Å². The fourth-order valence-corrected chi connectivity index (χ4v) is 0.622. The fraction of sp³-hybridized carbons (Fsp3) is 0.714. The van der Waals surface area contributed by atoms with E-state index >= 15 is 0 Å². The molecule has 0 aromatic carbocycles. The molecule has 1 unspecified atom stereocenters. The van der Waals surface area contributed by atoms with Gasteiger partial charge in [-0.25, -0.2) is 0 Å². The van der Waals surface area contributed by atoms with Crippen molar-refractivity contribution in [2.75, 3.05) is 13.2 Å². The lowest BCUT2D eigenvalue weighted by Crippen LogP contribution is -2.21. The summed E-state index contributed by atoms with van der Waals surface area (Å²) in [5.74, 6) is -1.20. The Balaban J connectivity index is 3.80. The van der Waals surface area contributed by atoms with Crippen molar-refractivity contribution in [3.8, 4) is 0 Å². The first-order valence-electron chi connectivity index (χ1n) is 3.47. The largest absolute Gasteiger partial charge is 0.466 e. The van der Waals surface area contributed by atoms with E-state index in [0.29, 0.717) is 6.29 Å². The molecule has 4 nitrogen and oxygen atoms in total. The minimum atomic E-state index is -0.688. The quantitative estimate of drug-likeness (QED) is 0.445. The zero-order valence-electron chi connectivity index (χ0n) is 6.45. The maximum atomic E-state index is 10.8. The van der Waals surface area contributed by atoms with Gasteiger partial charge in [0.25, 0.3) is 0 Å². The Bertz CT molecular complexity index is 132. The maximum Gasteiger partial charge on any atom is 0.311 e. The third-order valence-electron chi connectivity index (χ3n) is 1.22. The SMILES string of the molecule is CCOC(=O)C(CO)CC=O. The molecule has 4 heteroatoms. The number of aldehydes is 1. The normalized spacial score (nSPS) is 12.2. The smallest absolute Gasteiger partial charge is 0.311 e. The molecule has 0 bridgehead atoms. The number of carbonyl (C=O) groups is 2. The molecule has 0 spiro atoms. The summed E-state index contributed by atoms with van der Waals surface area (Å²) in [7, 11) is 0. The Labute approximate surface area is 65.2 Å². The zero-order valence-corrected chi connectivity index (χ0v) is 6.45. The average molecular weight is 160 g/mol. The van der Waals surface area contributed by atoms with Gasteiger partial charge in [0.1, 0.15) is 6.29 Å². The molecule has 64 valence electrons. The Morgan fingerprint density at radius 3 is 2.73 bits per heavy atom. The van der Waals surface area contributed by atoms with Gasteiger partial charge >= 0.3 is 5.97 Å². The molecule has 11 heavy (non-hydrogen) atoms. The molecule has 0 amide bonds. The van der Waals surface area contributed by atoms with Crippen molar-refractivity contribution in [3.05, 3.63) is 0 Å². The summed E-state index contributed by atoms with van der Waals surface area (Å²) >= 11 is 0. The van der Waals surface area contributed by atoms with Gasteiger partial charge < -0.3 is 14.6 Å². The summed E-state index contributed by atoms with van der Waals surface area (Å²) in [6.45, 7) is 1.61. The van der Waals surface area contributed by atoms with Crippen LogP contribution in [0.1, 0.15) is 13.3 Å². The van der Waals surface area contributed by atoms with E-state index in [1.54, 1.807) is 6.92 Å². The molecule has 0 saturated heterocycles. The number of aliphatic hydroxyl groups excluding tert-OH is 1. The van der Waals surface area contributed by atoms with Crippen molar-refractivity contribution in [3.63, 3.8) is 0 Å². The lowest BCUT2D eigenvalue weighted by molar-refractivity contribution is -0.150. The average Bonchev–Trinajstić information content (AvgIpc) is 2.00. The van der Waals surface area contributed by atoms with Gasteiger partial charge in [-0.3, -0.25) is 4.79 Å².